The zero-order valence-corrected chi connectivity index (χ0v) is 44.9. The molecule has 19 nitrogen and oxygen atoms in total. The van der Waals surface area contributed by atoms with E-state index in [-0.39, 0.29) is 51.4 Å². The second kappa shape index (κ2) is 22.6. The van der Waals surface area contributed by atoms with Crippen LogP contribution in [0.2, 0.25) is 0 Å². The molecule has 4 heterocycles. The first-order chi connectivity index (χ1) is 33.6. The smallest absolute Gasteiger partial charge is 0.412 e. The number of nitrogens with one attached hydrogen (secondary N) is 1. The number of hydrogen-bond acceptors (Lipinski definition) is 16. The molecule has 0 radical (unpaired) electrons. The molecule has 0 saturated carbocycles. The minimum Gasteiger partial charge on any atom is -0.504 e. The number of aromatic hydroxyl groups is 1. The first-order valence-electron chi connectivity index (χ1n) is 24.3. The third-order valence-electron chi connectivity index (χ3n) is 12.7. The second-order valence-corrected chi connectivity index (χ2v) is 21.3. The standard InChI is InChI=1S/C31H44N2O9.C22H34N2O6/c1-11-13-38-27-24-21(15-19(3)26(27)37-10)16-22(17-40-20(4)34)32(28(35)39-14-12-2)25(24)23-18-41-31(8,9)33(23)29(36)42-30(5,6)7;1-12-8-13-9-14(10-25)23-17(16(13)18(26)19(12)28-7)15-11-29-22(5,6)24(15)20(27)30-21(2,3)4/h11-12,15,22-23,25H,1-2,13-14,16-18H2,3-10H3;8,14-15,17,23,25-26H,9-11H2,1-7H3/t22-,23?,25-;14?,15?,17-/m00/s1. The van der Waals surface area contributed by atoms with E-state index in [1.54, 1.807) is 52.7 Å². The molecular weight excluding hydrogens is 933 g/mol. The summed E-state index contributed by atoms with van der Waals surface area (Å²) in [5.41, 5.74) is 1.29. The van der Waals surface area contributed by atoms with Crippen molar-refractivity contribution in [2.75, 3.05) is 53.9 Å². The lowest BCUT2D eigenvalue weighted by Gasteiger charge is -2.47. The van der Waals surface area contributed by atoms with Gasteiger partial charge in [0.2, 0.25) is 0 Å². The lowest BCUT2D eigenvalue weighted by Crippen LogP contribution is -2.59. The summed E-state index contributed by atoms with van der Waals surface area (Å²) in [5.74, 6) is 0.873. The maximum Gasteiger partial charge on any atom is 0.412 e. The molecule has 6 rings (SSSR count). The van der Waals surface area contributed by atoms with Crippen molar-refractivity contribution in [2.24, 2.45) is 0 Å². The summed E-state index contributed by atoms with van der Waals surface area (Å²) in [6, 6.07) is 0.582. The van der Waals surface area contributed by atoms with Crippen molar-refractivity contribution in [1.29, 1.82) is 0 Å². The van der Waals surface area contributed by atoms with Crippen LogP contribution in [0.4, 0.5) is 14.4 Å². The van der Waals surface area contributed by atoms with Crippen LogP contribution in [0.3, 0.4) is 0 Å². The molecule has 3 N–H and O–H groups in total. The first kappa shape index (κ1) is 57.1. The van der Waals surface area contributed by atoms with Crippen LogP contribution in [0.25, 0.3) is 0 Å². The first-order valence-corrected chi connectivity index (χ1v) is 24.3. The Bertz CT molecular complexity index is 2340. The maximum atomic E-state index is 13.9. The minimum absolute atomic E-state index is 0.0469. The van der Waals surface area contributed by atoms with Gasteiger partial charge in [-0.25, -0.2) is 14.4 Å². The number of aliphatic hydroxyl groups is 1. The molecule has 400 valence electrons. The molecule has 2 saturated heterocycles. The Morgan fingerprint density at radius 2 is 1.28 bits per heavy atom. The summed E-state index contributed by atoms with van der Waals surface area (Å²) in [6.45, 7) is 30.8. The Balaban J connectivity index is 0.000000282. The second-order valence-electron chi connectivity index (χ2n) is 21.3. The van der Waals surface area contributed by atoms with Gasteiger partial charge in [-0.2, -0.15) is 0 Å². The zero-order valence-electron chi connectivity index (χ0n) is 44.9. The molecule has 3 unspecified atom stereocenters. The van der Waals surface area contributed by atoms with Gasteiger partial charge in [-0.3, -0.25) is 19.5 Å². The van der Waals surface area contributed by atoms with Crippen LogP contribution in [0.1, 0.15) is 122 Å². The topological polar surface area (TPSA) is 214 Å². The van der Waals surface area contributed by atoms with Gasteiger partial charge in [0.1, 0.15) is 42.5 Å². The Hall–Kier alpha value is -5.76. The number of phenolic OH excluding ortho intramolecular Hbond substituents is 1. The van der Waals surface area contributed by atoms with E-state index in [1.807, 2.05) is 60.6 Å². The maximum absolute atomic E-state index is 13.9. The average Bonchev–Trinajstić information content (AvgIpc) is 3.78. The van der Waals surface area contributed by atoms with Gasteiger partial charge in [-0.15, -0.1) is 0 Å². The summed E-state index contributed by atoms with van der Waals surface area (Å²) >= 11 is 0. The lowest BCUT2D eigenvalue weighted by molar-refractivity contribution is -0.143. The van der Waals surface area contributed by atoms with Gasteiger partial charge in [-0.1, -0.05) is 37.4 Å². The van der Waals surface area contributed by atoms with E-state index in [0.29, 0.717) is 41.2 Å². The largest absolute Gasteiger partial charge is 0.504 e. The number of esters is 1. The summed E-state index contributed by atoms with van der Waals surface area (Å²) in [7, 11) is 3.06. The SMILES string of the molecule is C=CCOC(=O)N1[C@H](COC(C)=O)Cc2cc(C)c(OC)c(OCC=C)c2[C@@H]1C1COC(C)(C)N1C(=O)OC(C)(C)C.COc1c(C)cc2c(c1O)[C@H](C1COC(C)(C)N1C(=O)OC(C)(C)C)NC(CO)C2. The van der Waals surface area contributed by atoms with Crippen molar-refractivity contribution >= 4 is 24.2 Å². The highest BCUT2D eigenvalue weighted by Crippen LogP contribution is 2.51. The van der Waals surface area contributed by atoms with Crippen molar-refractivity contribution < 1.29 is 72.0 Å². The highest BCUT2D eigenvalue weighted by molar-refractivity contribution is 5.74. The molecule has 2 aromatic carbocycles. The summed E-state index contributed by atoms with van der Waals surface area (Å²) < 4.78 is 52.0. The quantitative estimate of drug-likeness (QED) is 0.105. The molecule has 6 atom stereocenters. The molecule has 0 spiro atoms. The van der Waals surface area contributed by atoms with Gasteiger partial charge >= 0.3 is 24.2 Å². The van der Waals surface area contributed by atoms with E-state index in [1.165, 1.54) is 29.9 Å². The van der Waals surface area contributed by atoms with Crippen LogP contribution in [0.5, 0.6) is 23.0 Å². The molecule has 72 heavy (non-hydrogen) atoms. The average molecular weight is 1010 g/mol. The van der Waals surface area contributed by atoms with Crippen molar-refractivity contribution in [3.8, 4) is 23.0 Å². The number of carbonyl (C=O) groups is 4. The molecule has 4 aliphatic heterocycles. The number of rotatable bonds is 12. The van der Waals surface area contributed by atoms with Crippen molar-refractivity contribution in [2.45, 2.75) is 162 Å². The summed E-state index contributed by atoms with van der Waals surface area (Å²) in [6.07, 6.45) is 2.19. The van der Waals surface area contributed by atoms with Gasteiger partial charge < -0.3 is 58.2 Å². The lowest BCUT2D eigenvalue weighted by atomic mass is 9.82. The van der Waals surface area contributed by atoms with E-state index >= 15 is 0 Å². The van der Waals surface area contributed by atoms with Crippen molar-refractivity contribution in [3.05, 3.63) is 70.8 Å². The number of nitrogens with zero attached hydrogens (tertiary/aromatic N) is 3. The molecule has 2 fully saturated rings. The molecule has 3 amide bonds. The Kier molecular flexibility index (Phi) is 17.9. The summed E-state index contributed by atoms with van der Waals surface area (Å²) in [5, 5.41) is 24.3. The molecule has 0 aromatic heterocycles. The number of phenols is 1. The van der Waals surface area contributed by atoms with Crippen molar-refractivity contribution in [3.63, 3.8) is 0 Å². The monoisotopic (exact) mass is 1010 g/mol. The number of benzene rings is 2. The molecule has 0 bridgehead atoms. The number of aliphatic hydroxyl groups excluding tert-OH is 1. The van der Waals surface area contributed by atoms with Gasteiger partial charge in [0, 0.05) is 24.1 Å². The summed E-state index contributed by atoms with van der Waals surface area (Å²) in [4.78, 5) is 57.2. The van der Waals surface area contributed by atoms with Crippen LogP contribution in [0.15, 0.2) is 37.4 Å². The van der Waals surface area contributed by atoms with Crippen LogP contribution in [0, 0.1) is 13.8 Å². The molecule has 4 aliphatic rings. The van der Waals surface area contributed by atoms with Crippen LogP contribution >= 0.6 is 0 Å². The zero-order chi connectivity index (χ0) is 53.8. The Labute approximate surface area is 424 Å². The normalized spacial score (nSPS) is 23.1. The van der Waals surface area contributed by atoms with Crippen LogP contribution < -0.4 is 19.5 Å². The Morgan fingerprint density at radius 1 is 0.764 bits per heavy atom. The third-order valence-corrected chi connectivity index (χ3v) is 12.7. The molecular formula is C53H78N4O15. The molecule has 0 aliphatic carbocycles. The predicted molar refractivity (Wildman–Crippen MR) is 267 cm³/mol. The number of amides is 3. The Morgan fingerprint density at radius 3 is 1.78 bits per heavy atom. The van der Waals surface area contributed by atoms with Gasteiger partial charge in [0.15, 0.2) is 23.0 Å². The van der Waals surface area contributed by atoms with E-state index in [0.717, 1.165) is 22.3 Å². The van der Waals surface area contributed by atoms with Gasteiger partial charge in [0.25, 0.3) is 0 Å². The number of aryl methyl sites for hydroxylation is 2. The highest BCUT2D eigenvalue weighted by Gasteiger charge is 2.56. The molecule has 19 heteroatoms. The van der Waals surface area contributed by atoms with Gasteiger partial charge in [-0.05, 0) is 118 Å². The van der Waals surface area contributed by atoms with Crippen LogP contribution in [-0.4, -0.2) is 150 Å². The third kappa shape index (κ3) is 12.5. The fourth-order valence-corrected chi connectivity index (χ4v) is 10.00. The highest BCUT2D eigenvalue weighted by atomic mass is 16.6. The fourth-order valence-electron chi connectivity index (χ4n) is 10.00. The minimum atomic E-state index is -1.08. The number of fused-ring (bicyclic) bond motifs is 2. The number of carbonyl (C=O) groups excluding carboxylic acids is 4. The fraction of sp³-hybridized carbons (Fsp3) is 0.623. The van der Waals surface area contributed by atoms with E-state index in [2.05, 4.69) is 18.5 Å². The van der Waals surface area contributed by atoms with Gasteiger partial charge in [0.05, 0.1) is 64.2 Å². The van der Waals surface area contributed by atoms with E-state index < -0.39 is 77.1 Å². The molecule has 2 aromatic rings. The number of methoxy groups -OCH3 is 2. The predicted octanol–water partition coefficient (Wildman–Crippen LogP) is 7.72. The van der Waals surface area contributed by atoms with Crippen LogP contribution in [-0.2, 0) is 46.1 Å². The van der Waals surface area contributed by atoms with E-state index in [4.69, 9.17) is 42.6 Å². The number of ether oxygens (including phenoxy) is 9. The van der Waals surface area contributed by atoms with Crippen molar-refractivity contribution in [1.82, 2.24) is 20.0 Å². The van der Waals surface area contributed by atoms with E-state index in [9.17, 15) is 29.4 Å². The number of hydrogen-bond donors (Lipinski definition) is 3.